The summed E-state index contributed by atoms with van der Waals surface area (Å²) in [7, 11) is 0. The second-order valence-electron chi connectivity index (χ2n) is 4.14. The lowest BCUT2D eigenvalue weighted by Gasteiger charge is -2.07. The van der Waals surface area contributed by atoms with Crippen LogP contribution < -0.4 is 0 Å². The molecule has 0 bridgehead atoms. The lowest BCUT2D eigenvalue weighted by atomic mass is 10.00. The lowest BCUT2D eigenvalue weighted by molar-refractivity contribution is -0.136. The van der Waals surface area contributed by atoms with Crippen molar-refractivity contribution in [1.82, 2.24) is 0 Å². The predicted octanol–water partition coefficient (Wildman–Crippen LogP) is 2.65. The highest BCUT2D eigenvalue weighted by atomic mass is 19.1. The van der Waals surface area contributed by atoms with E-state index in [1.807, 2.05) is 13.8 Å². The van der Waals surface area contributed by atoms with Gasteiger partial charge >= 0.3 is 5.97 Å². The molecule has 0 fully saturated rings. The summed E-state index contributed by atoms with van der Waals surface area (Å²) in [6.07, 6.45) is 0.646. The standard InChI is InChI=1S/C12H15FO2/c1-8(2)3-9-4-10(7-12(14)15)6-11(13)5-9/h4-6,8H,3,7H2,1-2H3,(H,14,15). The van der Waals surface area contributed by atoms with Crippen LogP contribution in [0.5, 0.6) is 0 Å². The Morgan fingerprint density at radius 2 is 1.93 bits per heavy atom. The molecule has 82 valence electrons. The van der Waals surface area contributed by atoms with E-state index in [2.05, 4.69) is 0 Å². The zero-order valence-corrected chi connectivity index (χ0v) is 8.96. The van der Waals surface area contributed by atoms with Crippen molar-refractivity contribution in [2.75, 3.05) is 0 Å². The first kappa shape index (κ1) is 11.7. The van der Waals surface area contributed by atoms with Crippen molar-refractivity contribution in [3.8, 4) is 0 Å². The highest BCUT2D eigenvalue weighted by Gasteiger charge is 2.06. The van der Waals surface area contributed by atoms with Gasteiger partial charge in [-0.15, -0.1) is 0 Å². The Bertz CT molecular complexity index is 359. The van der Waals surface area contributed by atoms with E-state index in [0.717, 1.165) is 12.0 Å². The topological polar surface area (TPSA) is 37.3 Å². The van der Waals surface area contributed by atoms with E-state index in [1.54, 1.807) is 6.07 Å². The first-order chi connectivity index (χ1) is 6.97. The quantitative estimate of drug-likeness (QED) is 0.829. The molecule has 0 aliphatic rings. The van der Waals surface area contributed by atoms with Gasteiger partial charge in [-0.05, 0) is 35.6 Å². The minimum atomic E-state index is -0.934. The molecular formula is C12H15FO2. The fourth-order valence-corrected chi connectivity index (χ4v) is 1.58. The first-order valence-corrected chi connectivity index (χ1v) is 4.97. The van der Waals surface area contributed by atoms with Crippen molar-refractivity contribution < 1.29 is 14.3 Å². The Hall–Kier alpha value is -1.38. The summed E-state index contributed by atoms with van der Waals surface area (Å²) in [5.41, 5.74) is 1.39. The minimum Gasteiger partial charge on any atom is -0.481 e. The normalized spacial score (nSPS) is 10.7. The van der Waals surface area contributed by atoms with E-state index in [0.29, 0.717) is 11.5 Å². The van der Waals surface area contributed by atoms with Gasteiger partial charge in [-0.2, -0.15) is 0 Å². The SMILES string of the molecule is CC(C)Cc1cc(F)cc(CC(=O)O)c1. The molecule has 0 radical (unpaired) electrons. The second-order valence-corrected chi connectivity index (χ2v) is 4.14. The van der Waals surface area contributed by atoms with Crippen molar-refractivity contribution in [1.29, 1.82) is 0 Å². The van der Waals surface area contributed by atoms with Crippen molar-refractivity contribution >= 4 is 5.97 Å². The van der Waals surface area contributed by atoms with E-state index in [9.17, 15) is 9.18 Å². The van der Waals surface area contributed by atoms with Crippen LogP contribution in [-0.4, -0.2) is 11.1 Å². The molecule has 0 unspecified atom stereocenters. The van der Waals surface area contributed by atoms with Gasteiger partial charge < -0.3 is 5.11 Å². The van der Waals surface area contributed by atoms with Crippen molar-refractivity contribution in [2.45, 2.75) is 26.7 Å². The third-order valence-corrected chi connectivity index (χ3v) is 2.02. The Labute approximate surface area is 88.7 Å². The number of carbonyl (C=O) groups is 1. The van der Waals surface area contributed by atoms with Gasteiger partial charge in [0.15, 0.2) is 0 Å². The van der Waals surface area contributed by atoms with Crippen LogP contribution in [0.1, 0.15) is 25.0 Å². The first-order valence-electron chi connectivity index (χ1n) is 4.97. The van der Waals surface area contributed by atoms with E-state index in [4.69, 9.17) is 5.11 Å². The highest BCUT2D eigenvalue weighted by molar-refractivity contribution is 5.70. The van der Waals surface area contributed by atoms with Crippen LogP contribution in [0.25, 0.3) is 0 Å². The van der Waals surface area contributed by atoms with Gasteiger partial charge in [0.25, 0.3) is 0 Å². The molecule has 2 nitrogen and oxygen atoms in total. The summed E-state index contributed by atoms with van der Waals surface area (Å²) >= 11 is 0. The molecule has 0 aliphatic heterocycles. The third-order valence-electron chi connectivity index (χ3n) is 2.02. The van der Waals surface area contributed by atoms with Gasteiger partial charge in [0.05, 0.1) is 6.42 Å². The molecule has 1 N–H and O–H groups in total. The molecule has 15 heavy (non-hydrogen) atoms. The van der Waals surface area contributed by atoms with E-state index >= 15 is 0 Å². The molecule has 0 spiro atoms. The maximum absolute atomic E-state index is 13.1. The number of hydrogen-bond acceptors (Lipinski definition) is 1. The number of carboxylic acids is 1. The largest absolute Gasteiger partial charge is 0.481 e. The van der Waals surface area contributed by atoms with Crippen LogP contribution in [0.3, 0.4) is 0 Å². The molecule has 1 rings (SSSR count). The number of halogens is 1. The fraction of sp³-hybridized carbons (Fsp3) is 0.417. The predicted molar refractivity (Wildman–Crippen MR) is 56.3 cm³/mol. The summed E-state index contributed by atoms with van der Waals surface area (Å²) < 4.78 is 13.1. The van der Waals surface area contributed by atoms with Crippen molar-refractivity contribution in [3.63, 3.8) is 0 Å². The van der Waals surface area contributed by atoms with Gasteiger partial charge in [-0.3, -0.25) is 4.79 Å². The van der Waals surface area contributed by atoms with Gasteiger partial charge in [-0.25, -0.2) is 4.39 Å². The van der Waals surface area contributed by atoms with Crippen LogP contribution in [0.2, 0.25) is 0 Å². The average Bonchev–Trinajstić information content (AvgIpc) is 1.98. The van der Waals surface area contributed by atoms with Crippen molar-refractivity contribution in [2.24, 2.45) is 5.92 Å². The molecule has 0 saturated heterocycles. The Kier molecular flexibility index (Phi) is 3.83. The number of aliphatic carboxylic acids is 1. The summed E-state index contributed by atoms with van der Waals surface area (Å²) in [6, 6.07) is 4.50. The van der Waals surface area contributed by atoms with Crippen molar-refractivity contribution in [3.05, 3.63) is 35.1 Å². The average molecular weight is 210 g/mol. The molecule has 1 aromatic rings. The molecule has 0 aromatic heterocycles. The molecule has 0 heterocycles. The Morgan fingerprint density at radius 1 is 1.33 bits per heavy atom. The maximum atomic E-state index is 13.1. The molecule has 0 aliphatic carbocycles. The molecule has 0 atom stereocenters. The van der Waals surface area contributed by atoms with Gasteiger partial charge in [0, 0.05) is 0 Å². The Morgan fingerprint density at radius 3 is 2.47 bits per heavy atom. The molecule has 3 heteroatoms. The second kappa shape index (κ2) is 4.91. The van der Waals surface area contributed by atoms with Gasteiger partial charge in [-0.1, -0.05) is 19.9 Å². The number of benzene rings is 1. The van der Waals surface area contributed by atoms with Crippen LogP contribution in [0.4, 0.5) is 4.39 Å². The zero-order valence-electron chi connectivity index (χ0n) is 8.96. The van der Waals surface area contributed by atoms with Gasteiger partial charge in [0.2, 0.25) is 0 Å². The van der Waals surface area contributed by atoms with Crippen LogP contribution >= 0.6 is 0 Å². The monoisotopic (exact) mass is 210 g/mol. The minimum absolute atomic E-state index is 0.122. The summed E-state index contributed by atoms with van der Waals surface area (Å²) in [5.74, 6) is -0.857. The number of carboxylic acid groups (broad SMARTS) is 1. The summed E-state index contributed by atoms with van der Waals surface area (Å²) in [4.78, 5) is 10.5. The third kappa shape index (κ3) is 4.11. The highest BCUT2D eigenvalue weighted by Crippen LogP contribution is 2.13. The smallest absolute Gasteiger partial charge is 0.307 e. The maximum Gasteiger partial charge on any atom is 0.307 e. The molecular weight excluding hydrogens is 195 g/mol. The van der Waals surface area contributed by atoms with E-state index < -0.39 is 5.97 Å². The zero-order chi connectivity index (χ0) is 11.4. The molecule has 0 amide bonds. The number of rotatable bonds is 4. The Balaban J connectivity index is 2.89. The van der Waals surface area contributed by atoms with Gasteiger partial charge in [0.1, 0.15) is 5.82 Å². The summed E-state index contributed by atoms with van der Waals surface area (Å²) in [5, 5.41) is 8.61. The summed E-state index contributed by atoms with van der Waals surface area (Å²) in [6.45, 7) is 4.09. The molecule has 1 aromatic carbocycles. The number of hydrogen-bond donors (Lipinski definition) is 1. The fourth-order valence-electron chi connectivity index (χ4n) is 1.58. The van der Waals surface area contributed by atoms with Crippen LogP contribution in [0, 0.1) is 11.7 Å². The van der Waals surface area contributed by atoms with E-state index in [-0.39, 0.29) is 12.2 Å². The molecule has 0 saturated carbocycles. The van der Waals surface area contributed by atoms with E-state index in [1.165, 1.54) is 12.1 Å². The van der Waals surface area contributed by atoms with Crippen LogP contribution in [-0.2, 0) is 17.6 Å². The van der Waals surface area contributed by atoms with Crippen LogP contribution in [0.15, 0.2) is 18.2 Å². The lowest BCUT2D eigenvalue weighted by Crippen LogP contribution is -2.02.